The lowest BCUT2D eigenvalue weighted by Crippen LogP contribution is -2.38. The molecule has 3 nitrogen and oxygen atoms in total. The van der Waals surface area contributed by atoms with Crippen LogP contribution < -0.4 is 0 Å². The third-order valence-corrected chi connectivity index (χ3v) is 4.81. The Hall–Kier alpha value is -1.01. The fraction of sp³-hybridized carbons (Fsp3) is 0.538. The highest BCUT2D eigenvalue weighted by atomic mass is 32.2. The fourth-order valence-electron chi connectivity index (χ4n) is 2.55. The Morgan fingerprint density at radius 2 is 1.74 bits per heavy atom. The molecule has 0 bridgehead atoms. The number of nitrogens with zero attached hydrogens (tertiary/aromatic N) is 1. The molecule has 1 aromatic rings. The third kappa shape index (κ3) is 3.30. The van der Waals surface area contributed by atoms with Crippen molar-refractivity contribution >= 4 is 10.0 Å². The Morgan fingerprint density at radius 3 is 2.21 bits per heavy atom. The zero-order valence-corrected chi connectivity index (χ0v) is 11.6. The standard InChI is InChI=1S/C13H17F2NO2S/c1-19(17,18)16(10-5-2-3-6-10)9-11-12(14)7-4-8-13(11)15/h4,7-8,10H,2-3,5-6,9H2,1H3. The van der Waals surface area contributed by atoms with Gasteiger partial charge in [-0.2, -0.15) is 4.31 Å². The lowest BCUT2D eigenvalue weighted by molar-refractivity contribution is 0.310. The molecule has 1 fully saturated rings. The first-order valence-electron chi connectivity index (χ1n) is 6.29. The van der Waals surface area contributed by atoms with E-state index in [-0.39, 0.29) is 18.2 Å². The fourth-order valence-corrected chi connectivity index (χ4v) is 3.66. The molecule has 0 N–H and O–H groups in total. The summed E-state index contributed by atoms with van der Waals surface area (Å²) in [5.74, 6) is -1.40. The minimum atomic E-state index is -3.48. The summed E-state index contributed by atoms with van der Waals surface area (Å²) >= 11 is 0. The Labute approximate surface area is 112 Å². The minimum absolute atomic E-state index is 0.144. The van der Waals surface area contributed by atoms with Gasteiger partial charge in [0.25, 0.3) is 0 Å². The van der Waals surface area contributed by atoms with E-state index in [2.05, 4.69) is 0 Å². The number of sulfonamides is 1. The zero-order chi connectivity index (χ0) is 14.0. The summed E-state index contributed by atoms with van der Waals surface area (Å²) in [7, 11) is -3.48. The summed E-state index contributed by atoms with van der Waals surface area (Å²) in [5.41, 5.74) is -0.181. The Bertz CT molecular complexity index is 534. The Morgan fingerprint density at radius 1 is 1.21 bits per heavy atom. The second-order valence-corrected chi connectivity index (χ2v) is 6.88. The van der Waals surface area contributed by atoms with Gasteiger partial charge >= 0.3 is 0 Å². The number of rotatable bonds is 4. The summed E-state index contributed by atoms with van der Waals surface area (Å²) in [5, 5.41) is 0. The average molecular weight is 289 g/mol. The lowest BCUT2D eigenvalue weighted by atomic mass is 10.1. The molecule has 6 heteroatoms. The number of hydrogen-bond donors (Lipinski definition) is 0. The molecule has 1 aliphatic carbocycles. The van der Waals surface area contributed by atoms with Gasteiger partial charge in [0.2, 0.25) is 10.0 Å². The van der Waals surface area contributed by atoms with E-state index in [1.165, 1.54) is 10.4 Å². The van der Waals surface area contributed by atoms with E-state index in [4.69, 9.17) is 0 Å². The van der Waals surface area contributed by atoms with Crippen LogP contribution >= 0.6 is 0 Å². The van der Waals surface area contributed by atoms with Crippen molar-refractivity contribution in [1.29, 1.82) is 0 Å². The molecule has 0 aromatic heterocycles. The highest BCUT2D eigenvalue weighted by Gasteiger charge is 2.30. The second kappa shape index (κ2) is 5.54. The monoisotopic (exact) mass is 289 g/mol. The van der Waals surface area contributed by atoms with Gasteiger partial charge in [0.1, 0.15) is 11.6 Å². The number of hydrogen-bond acceptors (Lipinski definition) is 2. The topological polar surface area (TPSA) is 37.4 Å². The van der Waals surface area contributed by atoms with E-state index in [1.807, 2.05) is 0 Å². The van der Waals surface area contributed by atoms with E-state index in [0.717, 1.165) is 44.1 Å². The summed E-state index contributed by atoms with van der Waals surface area (Å²) in [6.45, 7) is -0.234. The molecule has 106 valence electrons. The normalized spacial score (nSPS) is 17.3. The summed E-state index contributed by atoms with van der Waals surface area (Å²) < 4.78 is 52.1. The molecule has 1 aliphatic rings. The zero-order valence-electron chi connectivity index (χ0n) is 10.8. The molecule has 2 rings (SSSR count). The highest BCUT2D eigenvalue weighted by molar-refractivity contribution is 7.88. The number of benzene rings is 1. The molecule has 0 aliphatic heterocycles. The van der Waals surface area contributed by atoms with Crippen molar-refractivity contribution < 1.29 is 17.2 Å². The van der Waals surface area contributed by atoms with E-state index in [0.29, 0.717) is 0 Å². The first-order chi connectivity index (χ1) is 8.89. The summed E-state index contributed by atoms with van der Waals surface area (Å²) in [4.78, 5) is 0. The first-order valence-corrected chi connectivity index (χ1v) is 8.14. The maximum Gasteiger partial charge on any atom is 0.211 e. The van der Waals surface area contributed by atoms with Crippen LogP contribution in [0.15, 0.2) is 18.2 Å². The van der Waals surface area contributed by atoms with Crippen LogP contribution in [0.1, 0.15) is 31.2 Å². The van der Waals surface area contributed by atoms with Crippen LogP contribution in [0, 0.1) is 11.6 Å². The van der Waals surface area contributed by atoms with Gasteiger partial charge in [-0.3, -0.25) is 0 Å². The van der Waals surface area contributed by atoms with Crippen molar-refractivity contribution in [2.24, 2.45) is 0 Å². The molecule has 1 saturated carbocycles. The van der Waals surface area contributed by atoms with E-state index < -0.39 is 21.7 Å². The van der Waals surface area contributed by atoms with Crippen LogP contribution in [0.25, 0.3) is 0 Å². The maximum absolute atomic E-state index is 13.6. The average Bonchev–Trinajstić information content (AvgIpc) is 2.80. The Balaban J connectivity index is 2.30. The largest absolute Gasteiger partial charge is 0.212 e. The van der Waals surface area contributed by atoms with Gasteiger partial charge < -0.3 is 0 Å². The summed E-state index contributed by atoms with van der Waals surface area (Å²) in [6.07, 6.45) is 4.50. The second-order valence-electron chi connectivity index (χ2n) is 4.95. The van der Waals surface area contributed by atoms with Crippen molar-refractivity contribution in [3.05, 3.63) is 35.4 Å². The summed E-state index contributed by atoms with van der Waals surface area (Å²) in [6, 6.07) is 3.42. The molecule has 0 atom stereocenters. The molecule has 0 amide bonds. The van der Waals surface area contributed by atoms with Crippen molar-refractivity contribution in [2.75, 3.05) is 6.26 Å². The number of halogens is 2. The molecule has 0 radical (unpaired) electrons. The van der Waals surface area contributed by atoms with Crippen molar-refractivity contribution in [3.63, 3.8) is 0 Å². The van der Waals surface area contributed by atoms with Crippen molar-refractivity contribution in [1.82, 2.24) is 4.31 Å². The molecule has 0 saturated heterocycles. The molecular weight excluding hydrogens is 272 g/mol. The van der Waals surface area contributed by atoms with Gasteiger partial charge in [-0.1, -0.05) is 18.9 Å². The molecule has 0 unspecified atom stereocenters. The van der Waals surface area contributed by atoms with Crippen LogP contribution in [0.4, 0.5) is 8.78 Å². The van der Waals surface area contributed by atoms with Gasteiger partial charge in [-0.05, 0) is 25.0 Å². The molecule has 0 heterocycles. The van der Waals surface area contributed by atoms with Gasteiger partial charge in [0, 0.05) is 18.2 Å². The van der Waals surface area contributed by atoms with E-state index in [1.54, 1.807) is 0 Å². The Kier molecular flexibility index (Phi) is 4.20. The van der Waals surface area contributed by atoms with Crippen molar-refractivity contribution in [3.8, 4) is 0 Å². The van der Waals surface area contributed by atoms with Gasteiger partial charge in [0.15, 0.2) is 0 Å². The highest BCUT2D eigenvalue weighted by Crippen LogP contribution is 2.28. The lowest BCUT2D eigenvalue weighted by Gasteiger charge is -2.26. The predicted octanol–water partition coefficient (Wildman–Crippen LogP) is 2.67. The predicted molar refractivity (Wildman–Crippen MR) is 69.0 cm³/mol. The molecular formula is C13H17F2NO2S. The van der Waals surface area contributed by atoms with Crippen LogP contribution in [0.3, 0.4) is 0 Å². The van der Waals surface area contributed by atoms with Crippen LogP contribution in [0.2, 0.25) is 0 Å². The molecule has 0 spiro atoms. The van der Waals surface area contributed by atoms with Crippen molar-refractivity contribution in [2.45, 2.75) is 38.3 Å². The van der Waals surface area contributed by atoms with Gasteiger partial charge in [-0.25, -0.2) is 17.2 Å². The third-order valence-electron chi connectivity index (χ3n) is 3.53. The van der Waals surface area contributed by atoms with E-state index in [9.17, 15) is 17.2 Å². The van der Waals surface area contributed by atoms with Gasteiger partial charge in [-0.15, -0.1) is 0 Å². The maximum atomic E-state index is 13.6. The van der Waals surface area contributed by atoms with Crippen LogP contribution in [-0.4, -0.2) is 25.0 Å². The van der Waals surface area contributed by atoms with E-state index >= 15 is 0 Å². The molecule has 1 aromatic carbocycles. The minimum Gasteiger partial charge on any atom is -0.212 e. The molecule has 19 heavy (non-hydrogen) atoms. The SMILES string of the molecule is CS(=O)(=O)N(Cc1c(F)cccc1F)C1CCCC1. The quantitative estimate of drug-likeness (QED) is 0.854. The van der Waals surface area contributed by atoms with Gasteiger partial charge in [0.05, 0.1) is 6.26 Å². The van der Waals surface area contributed by atoms with Crippen LogP contribution in [0.5, 0.6) is 0 Å². The smallest absolute Gasteiger partial charge is 0.211 e. The first kappa shape index (κ1) is 14.4. The van der Waals surface area contributed by atoms with Crippen LogP contribution in [-0.2, 0) is 16.6 Å².